The van der Waals surface area contributed by atoms with Crippen molar-refractivity contribution in [2.75, 3.05) is 7.11 Å². The molecule has 0 amide bonds. The molecule has 0 aliphatic rings. The van der Waals surface area contributed by atoms with E-state index < -0.39 is 0 Å². The molecule has 0 aromatic carbocycles. The van der Waals surface area contributed by atoms with Gasteiger partial charge in [-0.3, -0.25) is 0 Å². The van der Waals surface area contributed by atoms with Gasteiger partial charge in [0.25, 0.3) is 5.75 Å². The number of ether oxygens (including phenoxy) is 1. The molecule has 0 atom stereocenters. The molecule has 3 heteroatoms. The smallest absolute Gasteiger partial charge is 0.363 e. The van der Waals surface area contributed by atoms with E-state index in [1.807, 2.05) is 0 Å². The molecule has 1 aromatic rings. The van der Waals surface area contributed by atoms with Gasteiger partial charge in [0.2, 0.25) is 0 Å². The van der Waals surface area contributed by atoms with Crippen molar-refractivity contribution in [3.05, 3.63) is 18.1 Å². The van der Waals surface area contributed by atoms with Gasteiger partial charge in [0.1, 0.15) is 0 Å². The number of rotatable bonds is 1. The number of aromatic hydroxyl groups is 1. The van der Waals surface area contributed by atoms with Gasteiger partial charge in [-0.05, 0) is 0 Å². The zero-order valence-electron chi connectivity index (χ0n) is 5.92. The lowest BCUT2D eigenvalue weighted by Gasteiger charge is -1.95. The molecule has 0 aliphatic carbocycles. The molecule has 54 valence electrons. The van der Waals surface area contributed by atoms with Crippen molar-refractivity contribution < 1.29 is 14.3 Å². The summed E-state index contributed by atoms with van der Waals surface area (Å²) in [4.78, 5) is 0. The second-order valence-electron chi connectivity index (χ2n) is 1.94. The first kappa shape index (κ1) is 6.86. The lowest BCUT2D eigenvalue weighted by molar-refractivity contribution is 0.352. The summed E-state index contributed by atoms with van der Waals surface area (Å²) < 4.78 is 9.69. The molecular weight excluding hydrogens is 132 g/mol. The Morgan fingerprint density at radius 1 is 1.60 bits per heavy atom. The number of methoxy groups -OCH3 is 1. The van der Waals surface area contributed by atoms with Gasteiger partial charge in [-0.15, -0.1) is 0 Å². The summed E-state index contributed by atoms with van der Waals surface area (Å²) in [5.74, 6) is 1.16. The largest absolute Gasteiger partial charge is 0.498 e. The maximum absolute atomic E-state index is 9.02. The standard InChI is InChI=1S/C7H8O3/c1-5-3-7(9-2)6(8)4-10-5/h3-4H,1-2H3/p+1. The Hall–Kier alpha value is -1.25. The minimum Gasteiger partial charge on any atom is -0.498 e. The fourth-order valence-electron chi connectivity index (χ4n) is 0.663. The SMILES string of the molecule is COc1cc(C)[o+]cc1O. The third kappa shape index (κ3) is 1.18. The highest BCUT2D eigenvalue weighted by atomic mass is 16.5. The van der Waals surface area contributed by atoms with Crippen molar-refractivity contribution >= 4 is 0 Å². The third-order valence-electron chi connectivity index (χ3n) is 1.16. The molecule has 0 radical (unpaired) electrons. The van der Waals surface area contributed by atoms with E-state index in [4.69, 9.17) is 14.3 Å². The van der Waals surface area contributed by atoms with Crippen LogP contribution in [0.5, 0.6) is 11.5 Å². The Labute approximate surface area is 58.9 Å². The predicted molar refractivity (Wildman–Crippen MR) is 36.1 cm³/mol. The third-order valence-corrected chi connectivity index (χ3v) is 1.16. The van der Waals surface area contributed by atoms with E-state index in [2.05, 4.69) is 0 Å². The van der Waals surface area contributed by atoms with E-state index in [-0.39, 0.29) is 5.75 Å². The molecule has 1 aromatic heterocycles. The van der Waals surface area contributed by atoms with Gasteiger partial charge in [-0.25, -0.2) is 4.42 Å². The van der Waals surface area contributed by atoms with Crippen LogP contribution in [0.1, 0.15) is 5.76 Å². The van der Waals surface area contributed by atoms with Crippen LogP contribution in [0, 0.1) is 6.92 Å². The van der Waals surface area contributed by atoms with Crippen molar-refractivity contribution in [3.63, 3.8) is 0 Å². The summed E-state index contributed by atoms with van der Waals surface area (Å²) in [6, 6.07) is 1.62. The van der Waals surface area contributed by atoms with Crippen LogP contribution in [0.4, 0.5) is 0 Å². The molecular formula is C7H9O3+. The van der Waals surface area contributed by atoms with E-state index >= 15 is 0 Å². The molecule has 0 fully saturated rings. The van der Waals surface area contributed by atoms with Crippen molar-refractivity contribution in [1.82, 2.24) is 0 Å². The first-order valence-electron chi connectivity index (χ1n) is 2.89. The Morgan fingerprint density at radius 2 is 2.30 bits per heavy atom. The first-order valence-corrected chi connectivity index (χ1v) is 2.89. The zero-order chi connectivity index (χ0) is 7.56. The lowest BCUT2D eigenvalue weighted by atomic mass is 10.4. The van der Waals surface area contributed by atoms with Crippen LogP contribution in [0.15, 0.2) is 16.7 Å². The maximum atomic E-state index is 9.02. The van der Waals surface area contributed by atoms with Crippen LogP contribution in [0.25, 0.3) is 0 Å². The predicted octanol–water partition coefficient (Wildman–Crippen LogP) is 1.58. The average molecular weight is 141 g/mol. The second-order valence-corrected chi connectivity index (χ2v) is 1.94. The summed E-state index contributed by atoms with van der Waals surface area (Å²) in [5, 5.41) is 9.02. The number of hydrogen-bond acceptors (Lipinski definition) is 2. The second kappa shape index (κ2) is 2.56. The van der Waals surface area contributed by atoms with Crippen molar-refractivity contribution in [2.45, 2.75) is 6.92 Å². The molecule has 0 unspecified atom stereocenters. The maximum Gasteiger partial charge on any atom is 0.363 e. The van der Waals surface area contributed by atoms with Crippen molar-refractivity contribution in [1.29, 1.82) is 0 Å². The molecule has 0 bridgehead atoms. The van der Waals surface area contributed by atoms with E-state index in [0.717, 1.165) is 0 Å². The molecule has 1 rings (SSSR count). The fraction of sp³-hybridized carbons (Fsp3) is 0.286. The van der Waals surface area contributed by atoms with Crippen molar-refractivity contribution in [2.24, 2.45) is 0 Å². The van der Waals surface area contributed by atoms with Gasteiger partial charge < -0.3 is 9.84 Å². The Bertz CT molecular complexity index is 232. The zero-order valence-corrected chi connectivity index (χ0v) is 5.92. The van der Waals surface area contributed by atoms with Crippen molar-refractivity contribution in [3.8, 4) is 11.5 Å². The minimum atomic E-state index is 0.0214. The van der Waals surface area contributed by atoms with Gasteiger partial charge >= 0.3 is 12.0 Å². The Kier molecular flexibility index (Phi) is 1.76. The average Bonchev–Trinajstić information content (AvgIpc) is 1.94. The Balaban J connectivity index is 3.09. The van der Waals surface area contributed by atoms with Crippen LogP contribution in [-0.2, 0) is 0 Å². The van der Waals surface area contributed by atoms with E-state index in [0.29, 0.717) is 11.5 Å². The first-order chi connectivity index (χ1) is 4.74. The van der Waals surface area contributed by atoms with E-state index in [9.17, 15) is 0 Å². The van der Waals surface area contributed by atoms with Gasteiger partial charge in [0.05, 0.1) is 20.1 Å². The van der Waals surface area contributed by atoms with Gasteiger partial charge in [-0.1, -0.05) is 0 Å². The molecule has 0 spiro atoms. The molecule has 0 aliphatic heterocycles. The monoisotopic (exact) mass is 141 g/mol. The van der Waals surface area contributed by atoms with Gasteiger partial charge in [0.15, 0.2) is 5.75 Å². The van der Waals surface area contributed by atoms with Gasteiger partial charge in [-0.2, -0.15) is 0 Å². The molecule has 1 heterocycles. The summed E-state index contributed by atoms with van der Waals surface area (Å²) in [7, 11) is 1.49. The molecule has 0 saturated heterocycles. The normalized spacial score (nSPS) is 9.40. The van der Waals surface area contributed by atoms with Crippen LogP contribution in [-0.4, -0.2) is 12.2 Å². The highest BCUT2D eigenvalue weighted by molar-refractivity contribution is 5.35. The van der Waals surface area contributed by atoms with Gasteiger partial charge in [0, 0.05) is 0 Å². The van der Waals surface area contributed by atoms with Crippen LogP contribution in [0.2, 0.25) is 0 Å². The quantitative estimate of drug-likeness (QED) is 0.603. The number of hydrogen-bond donors (Lipinski definition) is 1. The Morgan fingerprint density at radius 3 is 2.80 bits per heavy atom. The lowest BCUT2D eigenvalue weighted by Crippen LogP contribution is -1.83. The summed E-state index contributed by atoms with van der Waals surface area (Å²) in [6.45, 7) is 1.78. The summed E-state index contributed by atoms with van der Waals surface area (Å²) in [5.41, 5.74) is 0. The van der Waals surface area contributed by atoms with Crippen LogP contribution >= 0.6 is 0 Å². The topological polar surface area (TPSA) is 40.8 Å². The van der Waals surface area contributed by atoms with Crippen LogP contribution < -0.4 is 4.74 Å². The van der Waals surface area contributed by atoms with E-state index in [1.165, 1.54) is 13.4 Å². The molecule has 3 nitrogen and oxygen atoms in total. The number of aryl methyl sites for hydroxylation is 1. The molecule has 0 saturated carbocycles. The highest BCUT2D eigenvalue weighted by Crippen LogP contribution is 2.25. The minimum absolute atomic E-state index is 0.0214. The summed E-state index contributed by atoms with van der Waals surface area (Å²) in [6.07, 6.45) is 1.24. The molecule has 10 heavy (non-hydrogen) atoms. The molecule has 1 N–H and O–H groups in total. The fourth-order valence-corrected chi connectivity index (χ4v) is 0.663. The van der Waals surface area contributed by atoms with Crippen LogP contribution in [0.3, 0.4) is 0 Å². The summed E-state index contributed by atoms with van der Waals surface area (Å²) >= 11 is 0. The van der Waals surface area contributed by atoms with E-state index in [1.54, 1.807) is 13.0 Å². The highest BCUT2D eigenvalue weighted by Gasteiger charge is 2.09.